The third kappa shape index (κ3) is 4.03. The van der Waals surface area contributed by atoms with E-state index < -0.39 is 23.9 Å². The molecule has 0 saturated carbocycles. The van der Waals surface area contributed by atoms with Crippen molar-refractivity contribution in [1.82, 2.24) is 5.32 Å². The average Bonchev–Trinajstić information content (AvgIpc) is 2.21. The normalized spacial score (nSPS) is 11.7. The van der Waals surface area contributed by atoms with Crippen LogP contribution < -0.4 is 15.8 Å². The van der Waals surface area contributed by atoms with Crippen LogP contribution in [0.25, 0.3) is 0 Å². The Morgan fingerprint density at radius 3 is 2.71 bits per heavy atom. The average molecular weight is 305 g/mol. The molecule has 0 bridgehead atoms. The van der Waals surface area contributed by atoms with Gasteiger partial charge in [0, 0.05) is 0 Å². The van der Waals surface area contributed by atoms with Crippen molar-refractivity contribution in [2.45, 2.75) is 13.0 Å². The highest BCUT2D eigenvalue weighted by molar-refractivity contribution is 9.10. The van der Waals surface area contributed by atoms with Crippen LogP contribution in [0, 0.1) is 5.82 Å². The first-order valence-corrected chi connectivity index (χ1v) is 5.41. The maximum atomic E-state index is 12.8. The summed E-state index contributed by atoms with van der Waals surface area (Å²) >= 11 is 3.09. The first kappa shape index (κ1) is 13.4. The Balaban J connectivity index is 2.70. The van der Waals surface area contributed by atoms with Crippen molar-refractivity contribution in [1.29, 1.82) is 0 Å². The number of nitrogens with one attached hydrogen (secondary N) is 1. The number of imide groups is 1. The molecule has 1 aromatic carbocycles. The molecule has 1 unspecified atom stereocenters. The number of ether oxygens (including phenoxy) is 1. The number of primary amides is 1. The zero-order chi connectivity index (χ0) is 13.0. The molecule has 0 aliphatic carbocycles. The maximum Gasteiger partial charge on any atom is 0.318 e. The number of amides is 3. The minimum atomic E-state index is -0.955. The number of hydrogen-bond acceptors (Lipinski definition) is 3. The van der Waals surface area contributed by atoms with Gasteiger partial charge >= 0.3 is 6.03 Å². The summed E-state index contributed by atoms with van der Waals surface area (Å²) in [6, 6.07) is 2.81. The lowest BCUT2D eigenvalue weighted by atomic mass is 10.3. The number of carbonyl (C=O) groups excluding carboxylic acids is 2. The molecule has 1 rings (SSSR count). The number of benzene rings is 1. The first-order chi connectivity index (χ1) is 7.90. The monoisotopic (exact) mass is 304 g/mol. The Morgan fingerprint density at radius 2 is 2.18 bits per heavy atom. The highest BCUT2D eigenvalue weighted by atomic mass is 79.9. The number of halogens is 2. The molecule has 1 atom stereocenters. The summed E-state index contributed by atoms with van der Waals surface area (Å²) in [5, 5.41) is 1.88. The van der Waals surface area contributed by atoms with Crippen LogP contribution in [-0.2, 0) is 4.79 Å². The molecule has 0 aliphatic rings. The number of carbonyl (C=O) groups is 2. The van der Waals surface area contributed by atoms with Gasteiger partial charge in [0.1, 0.15) is 11.6 Å². The predicted molar refractivity (Wildman–Crippen MR) is 61.9 cm³/mol. The van der Waals surface area contributed by atoms with Crippen molar-refractivity contribution in [2.75, 3.05) is 0 Å². The molecule has 3 amide bonds. The molecule has 0 aromatic heterocycles. The van der Waals surface area contributed by atoms with Crippen molar-refractivity contribution in [3.05, 3.63) is 28.5 Å². The first-order valence-electron chi connectivity index (χ1n) is 4.62. The maximum absolute atomic E-state index is 12.8. The molecule has 0 aliphatic heterocycles. The van der Waals surface area contributed by atoms with Gasteiger partial charge < -0.3 is 10.5 Å². The van der Waals surface area contributed by atoms with Crippen LogP contribution in [0.15, 0.2) is 22.7 Å². The van der Waals surface area contributed by atoms with E-state index in [0.29, 0.717) is 10.2 Å². The summed E-state index contributed by atoms with van der Waals surface area (Å²) in [5.74, 6) is -0.814. The standard InChI is InChI=1S/C10H10BrFN2O3/c1-5(9(15)14-10(13)16)17-8-3-2-6(12)4-7(8)11/h2-5H,1H3,(H3,13,14,15,16). The predicted octanol–water partition coefficient (Wildman–Crippen LogP) is 1.55. The summed E-state index contributed by atoms with van der Waals surface area (Å²) in [6.07, 6.45) is -0.927. The Hall–Kier alpha value is -1.63. The molecule has 0 saturated heterocycles. The van der Waals surface area contributed by atoms with Crippen molar-refractivity contribution in [3.8, 4) is 5.75 Å². The van der Waals surface area contributed by atoms with E-state index in [-0.39, 0.29) is 0 Å². The largest absolute Gasteiger partial charge is 0.480 e. The van der Waals surface area contributed by atoms with E-state index in [4.69, 9.17) is 10.5 Å². The van der Waals surface area contributed by atoms with Gasteiger partial charge in [-0.1, -0.05) is 0 Å². The smallest absolute Gasteiger partial charge is 0.318 e. The van der Waals surface area contributed by atoms with Gasteiger partial charge in [-0.2, -0.15) is 0 Å². The van der Waals surface area contributed by atoms with Gasteiger partial charge in [-0.3, -0.25) is 10.1 Å². The lowest BCUT2D eigenvalue weighted by molar-refractivity contribution is -0.126. The number of urea groups is 1. The fourth-order valence-corrected chi connectivity index (χ4v) is 1.48. The van der Waals surface area contributed by atoms with Crippen molar-refractivity contribution in [3.63, 3.8) is 0 Å². The van der Waals surface area contributed by atoms with Gasteiger partial charge in [-0.25, -0.2) is 9.18 Å². The molecule has 1 aromatic rings. The van der Waals surface area contributed by atoms with Gasteiger partial charge in [0.05, 0.1) is 4.47 Å². The van der Waals surface area contributed by atoms with E-state index in [1.165, 1.54) is 25.1 Å². The van der Waals surface area contributed by atoms with Crippen LogP contribution in [0.3, 0.4) is 0 Å². The minimum absolute atomic E-state index is 0.290. The molecular weight excluding hydrogens is 295 g/mol. The Morgan fingerprint density at radius 1 is 1.53 bits per heavy atom. The van der Waals surface area contributed by atoms with Crippen LogP contribution in [0.5, 0.6) is 5.75 Å². The summed E-state index contributed by atoms with van der Waals surface area (Å²) in [7, 11) is 0. The molecule has 0 spiro atoms. The molecule has 17 heavy (non-hydrogen) atoms. The molecule has 0 heterocycles. The van der Waals surface area contributed by atoms with E-state index in [1.54, 1.807) is 0 Å². The van der Waals surface area contributed by atoms with Crippen LogP contribution in [-0.4, -0.2) is 18.0 Å². The SMILES string of the molecule is CC(Oc1ccc(F)cc1Br)C(=O)NC(N)=O. The second kappa shape index (κ2) is 5.62. The number of hydrogen-bond donors (Lipinski definition) is 2. The van der Waals surface area contributed by atoms with Crippen LogP contribution in [0.4, 0.5) is 9.18 Å². The van der Waals surface area contributed by atoms with Gasteiger partial charge in [0.2, 0.25) is 0 Å². The van der Waals surface area contributed by atoms with E-state index in [0.717, 1.165) is 0 Å². The number of rotatable bonds is 3. The third-order valence-corrected chi connectivity index (χ3v) is 2.43. The van der Waals surface area contributed by atoms with Crippen molar-refractivity contribution in [2.24, 2.45) is 5.73 Å². The zero-order valence-electron chi connectivity index (χ0n) is 8.87. The van der Waals surface area contributed by atoms with E-state index in [1.807, 2.05) is 5.32 Å². The van der Waals surface area contributed by atoms with Gasteiger partial charge in [0.15, 0.2) is 6.10 Å². The van der Waals surface area contributed by atoms with Crippen LogP contribution >= 0.6 is 15.9 Å². The summed E-state index contributed by atoms with van der Waals surface area (Å²) in [6.45, 7) is 1.44. The molecule has 92 valence electrons. The lowest BCUT2D eigenvalue weighted by Crippen LogP contribution is -2.42. The summed E-state index contributed by atoms with van der Waals surface area (Å²) in [5.41, 5.74) is 4.79. The van der Waals surface area contributed by atoms with E-state index >= 15 is 0 Å². The van der Waals surface area contributed by atoms with E-state index in [2.05, 4.69) is 15.9 Å². The van der Waals surface area contributed by atoms with Crippen LogP contribution in [0.2, 0.25) is 0 Å². The fourth-order valence-electron chi connectivity index (χ4n) is 1.04. The molecule has 0 radical (unpaired) electrons. The Bertz CT molecular complexity index is 453. The van der Waals surface area contributed by atoms with Crippen LogP contribution in [0.1, 0.15) is 6.92 Å². The topological polar surface area (TPSA) is 81.4 Å². The van der Waals surface area contributed by atoms with Gasteiger partial charge in [0.25, 0.3) is 5.91 Å². The Labute approximate surface area is 105 Å². The molecular formula is C10H10BrFN2O3. The van der Waals surface area contributed by atoms with E-state index in [9.17, 15) is 14.0 Å². The molecule has 3 N–H and O–H groups in total. The minimum Gasteiger partial charge on any atom is -0.480 e. The lowest BCUT2D eigenvalue weighted by Gasteiger charge is -2.14. The zero-order valence-corrected chi connectivity index (χ0v) is 10.5. The summed E-state index contributed by atoms with van der Waals surface area (Å²) in [4.78, 5) is 21.8. The quantitative estimate of drug-likeness (QED) is 0.889. The van der Waals surface area contributed by atoms with Crippen molar-refractivity contribution < 1.29 is 18.7 Å². The highest BCUT2D eigenvalue weighted by Gasteiger charge is 2.17. The molecule has 7 heteroatoms. The fraction of sp³-hybridized carbons (Fsp3) is 0.200. The van der Waals surface area contributed by atoms with Crippen molar-refractivity contribution >= 4 is 27.9 Å². The second-order valence-corrected chi connectivity index (χ2v) is 4.04. The highest BCUT2D eigenvalue weighted by Crippen LogP contribution is 2.26. The van der Waals surface area contributed by atoms with Gasteiger partial charge in [-0.05, 0) is 41.1 Å². The molecule has 5 nitrogen and oxygen atoms in total. The van der Waals surface area contributed by atoms with Gasteiger partial charge in [-0.15, -0.1) is 0 Å². The molecule has 0 fully saturated rings. The Kier molecular flexibility index (Phi) is 4.45. The summed E-state index contributed by atoms with van der Waals surface area (Å²) < 4.78 is 18.4. The third-order valence-electron chi connectivity index (χ3n) is 1.81. The second-order valence-electron chi connectivity index (χ2n) is 3.19. The number of nitrogens with two attached hydrogens (primary N) is 1.